The maximum absolute atomic E-state index is 2.51. The lowest BCUT2D eigenvalue weighted by Gasteiger charge is -2.29. The van der Waals surface area contributed by atoms with E-state index in [9.17, 15) is 0 Å². The number of anilines is 3. The topological polar surface area (TPSA) is 12.1 Å². The van der Waals surface area contributed by atoms with Crippen LogP contribution in [0.1, 0.15) is 25.0 Å². The Hall–Kier alpha value is -6.06. The van der Waals surface area contributed by atoms with Gasteiger partial charge in [0.1, 0.15) is 0 Å². The van der Waals surface area contributed by atoms with Gasteiger partial charge in [0.25, 0.3) is 0 Å². The van der Waals surface area contributed by atoms with Crippen LogP contribution in [0.15, 0.2) is 152 Å². The van der Waals surface area contributed by atoms with Crippen LogP contribution in [0.4, 0.5) is 17.1 Å². The van der Waals surface area contributed by atoms with E-state index in [-0.39, 0.29) is 5.41 Å². The Kier molecular flexibility index (Phi) is 4.91. The second-order valence-corrected chi connectivity index (χ2v) is 13.8. The summed E-state index contributed by atoms with van der Waals surface area (Å²) in [6.07, 6.45) is 0. The Labute approximate surface area is 277 Å². The van der Waals surface area contributed by atoms with Gasteiger partial charge in [-0.1, -0.05) is 111 Å². The summed E-state index contributed by atoms with van der Waals surface area (Å²) in [6.45, 7) is 4.72. The summed E-state index contributed by atoms with van der Waals surface area (Å²) in [4.78, 5) is 2.47. The minimum absolute atomic E-state index is 0.0924. The van der Waals surface area contributed by atoms with Gasteiger partial charge in [-0.2, -0.15) is 0 Å². The van der Waals surface area contributed by atoms with Gasteiger partial charge in [0.2, 0.25) is 0 Å². The number of benzene rings is 7. The molecule has 10 aromatic rings. The van der Waals surface area contributed by atoms with Crippen molar-refractivity contribution in [2.45, 2.75) is 19.3 Å². The summed E-state index contributed by atoms with van der Waals surface area (Å²) in [6, 6.07) is 56.1. The second kappa shape index (κ2) is 9.05. The molecule has 3 heteroatoms. The molecule has 3 aromatic heterocycles. The van der Waals surface area contributed by atoms with Gasteiger partial charge in [0.05, 0.1) is 38.8 Å². The summed E-state index contributed by atoms with van der Waals surface area (Å²) < 4.78 is 5.00. The maximum Gasteiger partial charge on any atom is 0.0804 e. The molecule has 0 bridgehead atoms. The largest absolute Gasteiger partial charge is 0.310 e. The molecule has 0 amide bonds. The number of rotatable bonds is 3. The van der Waals surface area contributed by atoms with Gasteiger partial charge in [0, 0.05) is 38.3 Å². The second-order valence-electron chi connectivity index (χ2n) is 13.8. The monoisotopic (exact) mass is 613 g/mol. The molecule has 0 saturated carbocycles. The molecule has 0 radical (unpaired) electrons. The highest BCUT2D eigenvalue weighted by Gasteiger charge is 2.36. The molecule has 7 aromatic carbocycles. The minimum atomic E-state index is -0.0924. The van der Waals surface area contributed by atoms with E-state index in [0.717, 1.165) is 11.4 Å². The Morgan fingerprint density at radius 3 is 1.92 bits per heavy atom. The van der Waals surface area contributed by atoms with E-state index in [2.05, 4.69) is 179 Å². The highest BCUT2D eigenvalue weighted by molar-refractivity contribution is 6.25. The Morgan fingerprint density at radius 2 is 1.06 bits per heavy atom. The lowest BCUT2D eigenvalue weighted by molar-refractivity contribution is 0.660. The number of para-hydroxylation sites is 4. The van der Waals surface area contributed by atoms with Crippen LogP contribution in [0.3, 0.4) is 0 Å². The third-order valence-corrected chi connectivity index (χ3v) is 11.0. The molecule has 11 rings (SSSR count). The van der Waals surface area contributed by atoms with Crippen LogP contribution < -0.4 is 4.90 Å². The molecular weight excluding hydrogens is 583 g/mol. The van der Waals surface area contributed by atoms with Crippen molar-refractivity contribution in [2.75, 3.05) is 4.90 Å². The van der Waals surface area contributed by atoms with Gasteiger partial charge in [-0.25, -0.2) is 0 Å². The first kappa shape index (κ1) is 26.1. The standard InChI is InChI=1S/C45H31N3/c1-45(2)35-19-9-6-15-30(35)31-24-23-29(27-36(31)45)46(28-13-4-3-5-14-28)39-25-26-41-44-42(39)34-17-8-11-21-38(34)48(44)40-22-12-18-33-32-16-7-10-20-37(32)47(41)43(33)40/h3-27H,1-2H3. The zero-order valence-corrected chi connectivity index (χ0v) is 26.8. The Morgan fingerprint density at radius 1 is 0.438 bits per heavy atom. The first-order chi connectivity index (χ1) is 23.6. The molecule has 226 valence electrons. The van der Waals surface area contributed by atoms with Crippen LogP contribution in [0.2, 0.25) is 0 Å². The van der Waals surface area contributed by atoms with Crippen molar-refractivity contribution in [3.05, 3.63) is 163 Å². The first-order valence-electron chi connectivity index (χ1n) is 16.8. The Balaban J connectivity index is 1.29. The van der Waals surface area contributed by atoms with Crippen LogP contribution >= 0.6 is 0 Å². The summed E-state index contributed by atoms with van der Waals surface area (Å²) in [7, 11) is 0. The van der Waals surface area contributed by atoms with Gasteiger partial charge in [-0.3, -0.25) is 0 Å². The van der Waals surface area contributed by atoms with E-state index >= 15 is 0 Å². The van der Waals surface area contributed by atoms with Gasteiger partial charge in [-0.05, 0) is 76.9 Å². The summed E-state index contributed by atoms with van der Waals surface area (Å²) in [5.41, 5.74) is 16.2. The van der Waals surface area contributed by atoms with Crippen molar-refractivity contribution < 1.29 is 0 Å². The number of fused-ring (bicyclic) bond motifs is 11. The number of nitrogens with zero attached hydrogens (tertiary/aromatic N) is 3. The molecule has 0 fully saturated rings. The summed E-state index contributed by atoms with van der Waals surface area (Å²) >= 11 is 0. The fourth-order valence-corrected chi connectivity index (χ4v) is 8.95. The molecule has 0 saturated heterocycles. The quantitative estimate of drug-likeness (QED) is 0.181. The molecule has 1 aliphatic rings. The highest BCUT2D eigenvalue weighted by Crippen LogP contribution is 2.52. The fraction of sp³-hybridized carbons (Fsp3) is 0.0667. The van der Waals surface area contributed by atoms with E-state index < -0.39 is 0 Å². The van der Waals surface area contributed by atoms with Crippen molar-refractivity contribution in [1.82, 2.24) is 8.80 Å². The molecule has 48 heavy (non-hydrogen) atoms. The zero-order chi connectivity index (χ0) is 31.7. The van der Waals surface area contributed by atoms with E-state index in [1.165, 1.54) is 82.6 Å². The average molecular weight is 614 g/mol. The predicted octanol–water partition coefficient (Wildman–Crippen LogP) is 12.0. The SMILES string of the molecule is CC1(C)c2ccccc2-c2ccc(N(c3ccccc3)c3ccc4c5c3c3ccccc3n5c3cccc5c6ccccc6n4c53)cc21. The maximum atomic E-state index is 2.51. The van der Waals surface area contributed by atoms with Crippen LogP contribution in [-0.4, -0.2) is 8.80 Å². The predicted molar refractivity (Wildman–Crippen MR) is 202 cm³/mol. The van der Waals surface area contributed by atoms with Crippen molar-refractivity contribution in [2.24, 2.45) is 0 Å². The van der Waals surface area contributed by atoms with Crippen molar-refractivity contribution >= 4 is 71.7 Å². The van der Waals surface area contributed by atoms with Gasteiger partial charge in [-0.15, -0.1) is 0 Å². The number of aromatic nitrogens is 2. The van der Waals surface area contributed by atoms with Gasteiger partial charge in [0.15, 0.2) is 0 Å². The summed E-state index contributed by atoms with van der Waals surface area (Å²) in [5.74, 6) is 0. The molecule has 0 spiro atoms. The molecule has 3 heterocycles. The number of hydrogen-bond acceptors (Lipinski definition) is 1. The van der Waals surface area contributed by atoms with E-state index in [0.29, 0.717) is 0 Å². The molecule has 1 aliphatic carbocycles. The van der Waals surface area contributed by atoms with Crippen LogP contribution in [0.5, 0.6) is 0 Å². The van der Waals surface area contributed by atoms with Crippen molar-refractivity contribution in [3.63, 3.8) is 0 Å². The fourth-order valence-electron chi connectivity index (χ4n) is 8.95. The normalized spacial score (nSPS) is 13.8. The lowest BCUT2D eigenvalue weighted by Crippen LogP contribution is -2.16. The van der Waals surface area contributed by atoms with Gasteiger partial charge < -0.3 is 13.7 Å². The molecular formula is C45H31N3. The molecule has 0 N–H and O–H groups in total. The number of hydrogen-bond donors (Lipinski definition) is 0. The summed E-state index contributed by atoms with van der Waals surface area (Å²) in [5, 5.41) is 5.09. The van der Waals surface area contributed by atoms with Crippen molar-refractivity contribution in [1.29, 1.82) is 0 Å². The van der Waals surface area contributed by atoms with Gasteiger partial charge >= 0.3 is 0 Å². The van der Waals surface area contributed by atoms with Crippen LogP contribution in [0, 0.1) is 0 Å². The first-order valence-corrected chi connectivity index (χ1v) is 16.8. The van der Waals surface area contributed by atoms with E-state index in [1.54, 1.807) is 0 Å². The molecule has 0 aliphatic heterocycles. The zero-order valence-electron chi connectivity index (χ0n) is 26.8. The average Bonchev–Trinajstić information content (AvgIpc) is 3.74. The molecule has 0 unspecified atom stereocenters. The van der Waals surface area contributed by atoms with E-state index in [4.69, 9.17) is 0 Å². The lowest BCUT2D eigenvalue weighted by atomic mass is 9.82. The van der Waals surface area contributed by atoms with Crippen LogP contribution in [0.25, 0.3) is 65.8 Å². The van der Waals surface area contributed by atoms with Crippen molar-refractivity contribution in [3.8, 4) is 11.1 Å². The molecule has 3 nitrogen and oxygen atoms in total. The Bertz CT molecular complexity index is 2920. The molecule has 0 atom stereocenters. The third kappa shape index (κ3) is 3.14. The van der Waals surface area contributed by atoms with E-state index in [1.807, 2.05) is 0 Å². The minimum Gasteiger partial charge on any atom is -0.310 e. The smallest absolute Gasteiger partial charge is 0.0804 e. The highest BCUT2D eigenvalue weighted by atomic mass is 15.1. The third-order valence-electron chi connectivity index (χ3n) is 11.0. The van der Waals surface area contributed by atoms with Crippen LogP contribution in [-0.2, 0) is 5.41 Å².